The first-order valence-corrected chi connectivity index (χ1v) is 10.9. The smallest absolute Gasteiger partial charge is 0.416 e. The Hall–Kier alpha value is -3.13. The molecule has 0 fully saturated rings. The number of benzene rings is 2. The lowest BCUT2D eigenvalue weighted by Gasteiger charge is -2.21. The Morgan fingerprint density at radius 1 is 1.21 bits per heavy atom. The summed E-state index contributed by atoms with van der Waals surface area (Å²) in [5.41, 5.74) is 3.34. The fraction of sp³-hybridized carbons (Fsp3) is 0.360. The van der Waals surface area contributed by atoms with E-state index < -0.39 is 11.7 Å². The number of aldehydes is 1. The number of ether oxygens (including phenoxy) is 1. The summed E-state index contributed by atoms with van der Waals surface area (Å²) in [4.78, 5) is 13.9. The number of H-pyrrole nitrogens is 1. The molecule has 0 radical (unpaired) electrons. The number of aromatic amines is 1. The highest BCUT2D eigenvalue weighted by Crippen LogP contribution is 2.35. The predicted octanol–water partition coefficient (Wildman–Crippen LogP) is 5.78. The minimum atomic E-state index is -4.38. The highest BCUT2D eigenvalue weighted by atomic mass is 19.4. The maximum Gasteiger partial charge on any atom is 0.416 e. The Balaban J connectivity index is 1.45. The molecule has 33 heavy (non-hydrogen) atoms. The van der Waals surface area contributed by atoms with Crippen molar-refractivity contribution in [1.82, 2.24) is 15.1 Å². The third-order valence-electron chi connectivity index (χ3n) is 5.94. The van der Waals surface area contributed by atoms with Gasteiger partial charge in [-0.1, -0.05) is 32.0 Å². The van der Waals surface area contributed by atoms with E-state index >= 15 is 0 Å². The van der Waals surface area contributed by atoms with E-state index in [2.05, 4.69) is 28.9 Å². The molecule has 0 aliphatic carbocycles. The van der Waals surface area contributed by atoms with Crippen molar-refractivity contribution in [2.24, 2.45) is 5.92 Å². The number of fused-ring (bicyclic) bond motifs is 1. The molecule has 3 aromatic rings. The van der Waals surface area contributed by atoms with E-state index in [-0.39, 0.29) is 12.6 Å². The molecule has 8 heteroatoms. The normalized spacial score (nSPS) is 16.2. The number of carbonyl (C=O) groups is 1. The quantitative estimate of drug-likeness (QED) is 0.436. The molecule has 2 heterocycles. The van der Waals surface area contributed by atoms with E-state index in [1.54, 1.807) is 6.20 Å². The fourth-order valence-electron chi connectivity index (χ4n) is 4.07. The van der Waals surface area contributed by atoms with E-state index in [0.29, 0.717) is 29.5 Å². The van der Waals surface area contributed by atoms with Gasteiger partial charge < -0.3 is 9.53 Å². The standard InChI is InChI=1S/C25H26F3N3O2/c1-16(2)9-10-31-13-18-11-21(7-8-22(18)23(31)14-32)33-15-19-12-29-30-24(19)17-3-5-20(6-4-17)25(26,27)28/h3-8,11-12,14,16,23H,9-10,13,15H2,1-2H3,(H,29,30). The number of halogens is 3. The van der Waals surface area contributed by atoms with Crippen molar-refractivity contribution in [2.45, 2.75) is 45.6 Å². The Morgan fingerprint density at radius 3 is 2.64 bits per heavy atom. The van der Waals surface area contributed by atoms with Crippen LogP contribution in [-0.4, -0.2) is 27.9 Å². The first-order chi connectivity index (χ1) is 15.8. The third-order valence-corrected chi connectivity index (χ3v) is 5.94. The molecular weight excluding hydrogens is 431 g/mol. The minimum absolute atomic E-state index is 0.208. The highest BCUT2D eigenvalue weighted by Gasteiger charge is 2.31. The van der Waals surface area contributed by atoms with Crippen molar-refractivity contribution in [3.8, 4) is 17.0 Å². The number of nitrogens with zero attached hydrogens (tertiary/aromatic N) is 2. The van der Waals surface area contributed by atoms with Crippen molar-refractivity contribution in [3.05, 3.63) is 70.9 Å². The zero-order chi connectivity index (χ0) is 23.6. The van der Waals surface area contributed by atoms with E-state index in [1.165, 1.54) is 12.1 Å². The van der Waals surface area contributed by atoms with Gasteiger partial charge in [-0.2, -0.15) is 18.3 Å². The lowest BCUT2D eigenvalue weighted by Crippen LogP contribution is -2.25. The van der Waals surface area contributed by atoms with Gasteiger partial charge in [0.25, 0.3) is 0 Å². The summed E-state index contributed by atoms with van der Waals surface area (Å²) in [6, 6.07) is 10.4. The Labute approximate surface area is 190 Å². The lowest BCUT2D eigenvalue weighted by molar-refractivity contribution is -0.137. The van der Waals surface area contributed by atoms with E-state index in [1.807, 2.05) is 18.2 Å². The third kappa shape index (κ3) is 5.11. The van der Waals surface area contributed by atoms with Crippen LogP contribution >= 0.6 is 0 Å². The molecule has 0 amide bonds. The zero-order valence-electron chi connectivity index (χ0n) is 18.5. The monoisotopic (exact) mass is 457 g/mol. The molecular formula is C25H26F3N3O2. The van der Waals surface area contributed by atoms with Crippen LogP contribution in [-0.2, 0) is 24.1 Å². The molecule has 1 atom stereocenters. The molecule has 0 spiro atoms. The Kier molecular flexibility index (Phi) is 6.56. The molecule has 174 valence electrons. The fourth-order valence-corrected chi connectivity index (χ4v) is 4.07. The van der Waals surface area contributed by atoms with Gasteiger partial charge in [-0.3, -0.25) is 10.00 Å². The molecule has 1 aliphatic rings. The molecule has 1 N–H and O–H groups in total. The molecule has 0 saturated carbocycles. The van der Waals surface area contributed by atoms with Crippen molar-refractivity contribution >= 4 is 6.29 Å². The van der Waals surface area contributed by atoms with E-state index in [0.717, 1.165) is 48.1 Å². The summed E-state index contributed by atoms with van der Waals surface area (Å²) in [7, 11) is 0. The lowest BCUT2D eigenvalue weighted by atomic mass is 10.0. The first-order valence-electron chi connectivity index (χ1n) is 10.9. The van der Waals surface area contributed by atoms with Crippen molar-refractivity contribution in [2.75, 3.05) is 6.54 Å². The highest BCUT2D eigenvalue weighted by molar-refractivity contribution is 5.65. The Bertz CT molecular complexity index is 1110. The van der Waals surface area contributed by atoms with Gasteiger partial charge in [0.1, 0.15) is 18.6 Å². The molecule has 1 aromatic heterocycles. The summed E-state index contributed by atoms with van der Waals surface area (Å²) in [5.74, 6) is 1.23. The largest absolute Gasteiger partial charge is 0.489 e. The maximum atomic E-state index is 12.8. The Morgan fingerprint density at radius 2 is 1.97 bits per heavy atom. The van der Waals surface area contributed by atoms with E-state index in [9.17, 15) is 18.0 Å². The summed E-state index contributed by atoms with van der Waals surface area (Å²) in [6.45, 7) is 6.10. The number of hydrogen-bond acceptors (Lipinski definition) is 4. The number of carbonyl (C=O) groups excluding carboxylic acids is 1. The van der Waals surface area contributed by atoms with Crippen LogP contribution < -0.4 is 4.74 Å². The molecule has 0 bridgehead atoms. The zero-order valence-corrected chi connectivity index (χ0v) is 18.5. The van der Waals surface area contributed by atoms with Crippen LogP contribution in [0, 0.1) is 5.92 Å². The summed E-state index contributed by atoms with van der Waals surface area (Å²) in [6.07, 6.45) is -0.751. The number of rotatable bonds is 8. The topological polar surface area (TPSA) is 58.2 Å². The van der Waals surface area contributed by atoms with Crippen molar-refractivity contribution in [3.63, 3.8) is 0 Å². The molecule has 0 saturated heterocycles. The van der Waals surface area contributed by atoms with Crippen LogP contribution in [0.5, 0.6) is 5.75 Å². The maximum absolute atomic E-state index is 12.8. The average molecular weight is 457 g/mol. The molecule has 2 aromatic carbocycles. The summed E-state index contributed by atoms with van der Waals surface area (Å²) in [5, 5.41) is 6.88. The van der Waals surface area contributed by atoms with Crippen LogP contribution in [0.3, 0.4) is 0 Å². The van der Waals surface area contributed by atoms with Crippen LogP contribution in [0.15, 0.2) is 48.7 Å². The van der Waals surface area contributed by atoms with Crippen LogP contribution in [0.25, 0.3) is 11.3 Å². The van der Waals surface area contributed by atoms with Crippen LogP contribution in [0.4, 0.5) is 13.2 Å². The van der Waals surface area contributed by atoms with Gasteiger partial charge in [0.2, 0.25) is 0 Å². The summed E-state index contributed by atoms with van der Waals surface area (Å²) >= 11 is 0. The second-order valence-electron chi connectivity index (χ2n) is 8.73. The van der Waals surface area contributed by atoms with Crippen molar-refractivity contribution < 1.29 is 22.7 Å². The predicted molar refractivity (Wildman–Crippen MR) is 118 cm³/mol. The second kappa shape index (κ2) is 9.39. The number of alkyl halides is 3. The van der Waals surface area contributed by atoms with Gasteiger partial charge in [-0.15, -0.1) is 0 Å². The van der Waals surface area contributed by atoms with Gasteiger partial charge >= 0.3 is 6.18 Å². The van der Waals surface area contributed by atoms with Gasteiger partial charge in [-0.05, 0) is 59.8 Å². The molecule has 1 unspecified atom stereocenters. The van der Waals surface area contributed by atoms with Crippen LogP contribution in [0.2, 0.25) is 0 Å². The SMILES string of the molecule is CC(C)CCN1Cc2cc(OCc3cn[nH]c3-c3ccc(C(F)(F)F)cc3)ccc2C1C=O. The van der Waals surface area contributed by atoms with Gasteiger partial charge in [0.05, 0.1) is 23.5 Å². The van der Waals surface area contributed by atoms with Gasteiger partial charge in [0.15, 0.2) is 0 Å². The van der Waals surface area contributed by atoms with Gasteiger partial charge in [-0.25, -0.2) is 0 Å². The molecule has 5 nitrogen and oxygen atoms in total. The number of aromatic nitrogens is 2. The van der Waals surface area contributed by atoms with Gasteiger partial charge in [0, 0.05) is 12.1 Å². The second-order valence-corrected chi connectivity index (χ2v) is 8.73. The summed E-state index contributed by atoms with van der Waals surface area (Å²) < 4.78 is 44.5. The van der Waals surface area contributed by atoms with E-state index in [4.69, 9.17) is 4.74 Å². The number of nitrogens with one attached hydrogen (secondary N) is 1. The molecule has 4 rings (SSSR count). The van der Waals surface area contributed by atoms with Crippen molar-refractivity contribution in [1.29, 1.82) is 0 Å². The minimum Gasteiger partial charge on any atom is -0.489 e. The first kappa shape index (κ1) is 23.0. The number of hydrogen-bond donors (Lipinski definition) is 1. The average Bonchev–Trinajstić information content (AvgIpc) is 3.39. The molecule has 1 aliphatic heterocycles. The van der Waals surface area contributed by atoms with Crippen LogP contribution in [0.1, 0.15) is 48.6 Å².